The summed E-state index contributed by atoms with van der Waals surface area (Å²) in [4.78, 5) is 39.9. The van der Waals surface area contributed by atoms with Crippen LogP contribution in [-0.2, 0) is 23.9 Å². The fraction of sp³-hybridized carbons (Fsp3) is 0.381. The number of hydrogen-bond acceptors (Lipinski definition) is 4. The van der Waals surface area contributed by atoms with Crippen LogP contribution in [0.15, 0.2) is 41.2 Å². The van der Waals surface area contributed by atoms with E-state index in [0.717, 1.165) is 18.4 Å². The van der Waals surface area contributed by atoms with Gasteiger partial charge in [-0.2, -0.15) is 0 Å². The van der Waals surface area contributed by atoms with Crippen molar-refractivity contribution in [2.45, 2.75) is 30.7 Å². The zero-order valence-electron chi connectivity index (χ0n) is 16.5. The number of halogens is 1. The van der Waals surface area contributed by atoms with E-state index in [2.05, 4.69) is 5.32 Å². The third kappa shape index (κ3) is 3.94. The number of nitrogens with one attached hydrogen (secondary N) is 1. The number of carbonyl (C=O) groups excluding carboxylic acids is 2. The molecule has 2 amide bonds. The Morgan fingerprint density at radius 2 is 1.83 bits per heavy atom. The van der Waals surface area contributed by atoms with Crippen LogP contribution in [0.2, 0.25) is 5.02 Å². The van der Waals surface area contributed by atoms with E-state index in [0.29, 0.717) is 24.7 Å². The Bertz CT molecular complexity index is 1090. The zero-order chi connectivity index (χ0) is 21.5. The molecule has 9 heteroatoms. The van der Waals surface area contributed by atoms with Crippen molar-refractivity contribution in [3.05, 3.63) is 68.6 Å². The smallest absolute Gasteiger partial charge is 0.270 e. The molecule has 1 aromatic heterocycles. The number of pyridine rings is 1. The minimum Gasteiger partial charge on any atom is -0.348 e. The molecule has 7 nitrogen and oxygen atoms in total. The normalized spacial score (nSPS) is 17.9. The van der Waals surface area contributed by atoms with Crippen LogP contribution in [0.5, 0.6) is 0 Å². The van der Waals surface area contributed by atoms with E-state index in [1.54, 1.807) is 35.4 Å². The van der Waals surface area contributed by atoms with E-state index in [-0.39, 0.29) is 28.5 Å². The van der Waals surface area contributed by atoms with Crippen LogP contribution in [0.3, 0.4) is 0 Å². The lowest BCUT2D eigenvalue weighted by Gasteiger charge is -2.32. The Morgan fingerprint density at radius 3 is 2.47 bits per heavy atom. The highest BCUT2D eigenvalue weighted by molar-refractivity contribution is 7.86. The fourth-order valence-corrected chi connectivity index (χ4v) is 4.84. The van der Waals surface area contributed by atoms with E-state index >= 15 is 0 Å². The van der Waals surface area contributed by atoms with Gasteiger partial charge in [0, 0.05) is 48.3 Å². The number of rotatable bonds is 6. The predicted molar refractivity (Wildman–Crippen MR) is 115 cm³/mol. The van der Waals surface area contributed by atoms with Gasteiger partial charge in [0.15, 0.2) is 0 Å². The van der Waals surface area contributed by atoms with Crippen molar-refractivity contribution in [3.8, 4) is 0 Å². The van der Waals surface area contributed by atoms with Crippen molar-refractivity contribution in [2.75, 3.05) is 19.3 Å². The Balaban J connectivity index is 1.49. The molecule has 1 fully saturated rings. The molecule has 1 atom stereocenters. The van der Waals surface area contributed by atoms with E-state index in [1.165, 1.54) is 16.7 Å². The van der Waals surface area contributed by atoms with E-state index in [9.17, 15) is 18.6 Å². The van der Waals surface area contributed by atoms with Crippen LogP contribution >= 0.6 is 11.6 Å². The number of nitrogens with zero attached hydrogens (tertiary/aromatic N) is 2. The maximum atomic E-state index is 12.9. The summed E-state index contributed by atoms with van der Waals surface area (Å²) in [7, 11) is -0.996. The molecule has 1 aliphatic heterocycles. The highest BCUT2D eigenvalue weighted by Gasteiger charge is 2.49. The summed E-state index contributed by atoms with van der Waals surface area (Å²) >= 11 is 5.86. The number of aromatic nitrogens is 1. The second kappa shape index (κ2) is 8.00. The topological polar surface area (TPSA) is 88.5 Å². The second-order valence-electron chi connectivity index (χ2n) is 7.76. The quantitative estimate of drug-likeness (QED) is 0.731. The van der Waals surface area contributed by atoms with Gasteiger partial charge in [-0.3, -0.25) is 18.6 Å². The van der Waals surface area contributed by atoms with Crippen molar-refractivity contribution in [2.24, 2.45) is 0 Å². The molecule has 0 saturated heterocycles. The highest BCUT2D eigenvalue weighted by atomic mass is 35.5. The largest absolute Gasteiger partial charge is 0.348 e. The van der Waals surface area contributed by atoms with Gasteiger partial charge in [0.1, 0.15) is 11.3 Å². The molecule has 0 bridgehead atoms. The minimum absolute atomic E-state index is 0.00212. The monoisotopic (exact) mass is 447 g/mol. The molecule has 1 saturated carbocycles. The molecule has 30 heavy (non-hydrogen) atoms. The highest BCUT2D eigenvalue weighted by Crippen LogP contribution is 2.42. The third-order valence-electron chi connectivity index (χ3n) is 5.78. The van der Waals surface area contributed by atoms with Crippen LogP contribution < -0.4 is 10.9 Å². The molecule has 0 spiro atoms. The molecule has 0 unspecified atom stereocenters. The van der Waals surface area contributed by atoms with Crippen LogP contribution in [-0.4, -0.2) is 49.6 Å². The van der Waals surface area contributed by atoms with Crippen LogP contribution in [0, 0.1) is 0 Å². The lowest BCUT2D eigenvalue weighted by Crippen LogP contribution is -2.49. The Labute approximate surface area is 181 Å². The summed E-state index contributed by atoms with van der Waals surface area (Å²) in [6, 6.07) is 9.98. The average molecular weight is 448 g/mol. The first kappa shape index (κ1) is 20.8. The van der Waals surface area contributed by atoms with Crippen LogP contribution in [0.1, 0.15) is 39.3 Å². The molecule has 2 aliphatic rings. The lowest BCUT2D eigenvalue weighted by atomic mass is 10.1. The average Bonchev–Trinajstić information content (AvgIpc) is 3.51. The Morgan fingerprint density at radius 1 is 1.13 bits per heavy atom. The molecule has 2 aromatic rings. The van der Waals surface area contributed by atoms with Gasteiger partial charge in [0.2, 0.25) is 0 Å². The molecule has 1 aliphatic carbocycles. The summed E-state index contributed by atoms with van der Waals surface area (Å²) in [6.07, 6.45) is 3.37. The summed E-state index contributed by atoms with van der Waals surface area (Å²) in [5.74, 6) is -0.748. The summed E-state index contributed by atoms with van der Waals surface area (Å²) in [5, 5.41) is 3.34. The van der Waals surface area contributed by atoms with Crippen molar-refractivity contribution >= 4 is 34.2 Å². The zero-order valence-corrected chi connectivity index (χ0v) is 18.1. The molecule has 1 aromatic carbocycles. The minimum atomic E-state index is -0.996. The molecule has 158 valence electrons. The van der Waals surface area contributed by atoms with Crippen LogP contribution in [0.4, 0.5) is 0 Å². The maximum Gasteiger partial charge on any atom is 0.270 e. The number of amides is 2. The van der Waals surface area contributed by atoms with Gasteiger partial charge in [-0.1, -0.05) is 23.7 Å². The first-order valence-corrected chi connectivity index (χ1v) is 11.6. The van der Waals surface area contributed by atoms with Crippen molar-refractivity contribution < 1.29 is 13.8 Å². The molecule has 4 rings (SSSR count). The van der Waals surface area contributed by atoms with Gasteiger partial charge in [-0.25, -0.2) is 0 Å². The Kier molecular flexibility index (Phi) is 5.55. The fourth-order valence-electron chi connectivity index (χ4n) is 3.70. The van der Waals surface area contributed by atoms with Gasteiger partial charge in [-0.15, -0.1) is 0 Å². The van der Waals surface area contributed by atoms with Gasteiger partial charge >= 0.3 is 0 Å². The van der Waals surface area contributed by atoms with Crippen molar-refractivity contribution in [1.29, 1.82) is 0 Å². The van der Waals surface area contributed by atoms with Gasteiger partial charge in [0.25, 0.3) is 17.4 Å². The molecular formula is C21H22ClN3O4S. The van der Waals surface area contributed by atoms with Gasteiger partial charge in [-0.05, 0) is 42.7 Å². The van der Waals surface area contributed by atoms with Gasteiger partial charge in [0.05, 0.1) is 4.75 Å². The van der Waals surface area contributed by atoms with Crippen LogP contribution in [0.25, 0.3) is 0 Å². The number of fused-ring (bicyclic) bond motifs is 1. The number of benzene rings is 1. The summed E-state index contributed by atoms with van der Waals surface area (Å²) < 4.78 is 13.0. The number of hydrogen-bond donors (Lipinski definition) is 1. The number of carbonyl (C=O) groups is 2. The summed E-state index contributed by atoms with van der Waals surface area (Å²) in [6.45, 7) is 1.37. The molecular weight excluding hydrogens is 426 g/mol. The predicted octanol–water partition coefficient (Wildman–Crippen LogP) is 1.80. The van der Waals surface area contributed by atoms with E-state index < -0.39 is 22.3 Å². The maximum absolute atomic E-state index is 12.9. The van der Waals surface area contributed by atoms with E-state index in [1.807, 2.05) is 0 Å². The molecule has 2 heterocycles. The third-order valence-corrected chi connectivity index (χ3v) is 7.79. The van der Waals surface area contributed by atoms with Crippen molar-refractivity contribution in [3.63, 3.8) is 0 Å². The molecule has 1 N–H and O–H groups in total. The Hall–Kier alpha value is -2.45. The summed E-state index contributed by atoms with van der Waals surface area (Å²) in [5.41, 5.74) is 0.647. The SMILES string of the molecule is C[S@](=O)C1(CN2CCn3c(ccc(C(=O)NCc4ccc(Cl)cc4)c3=O)C2=O)CC1. The standard InChI is InChI=1S/C21H22ClN3O4S/c1-30(29)21(8-9-21)13-24-10-11-25-17(20(24)28)7-6-16(19(25)27)18(26)23-12-14-2-4-15(22)5-3-14/h2-7H,8-13H2,1H3,(H,23,26)/t30-/m0/s1. The van der Waals surface area contributed by atoms with Gasteiger partial charge < -0.3 is 14.8 Å². The lowest BCUT2D eigenvalue weighted by molar-refractivity contribution is 0.0695. The molecule has 0 radical (unpaired) electrons. The second-order valence-corrected chi connectivity index (χ2v) is 9.97. The first-order chi connectivity index (χ1) is 14.3. The van der Waals surface area contributed by atoms with Crippen molar-refractivity contribution in [1.82, 2.24) is 14.8 Å². The van der Waals surface area contributed by atoms with E-state index in [4.69, 9.17) is 11.6 Å². The first-order valence-electron chi connectivity index (χ1n) is 9.70.